The first-order valence-corrected chi connectivity index (χ1v) is 9.59. The minimum Gasteiger partial charge on any atom is -0.497 e. The fourth-order valence-electron chi connectivity index (χ4n) is 4.02. The maximum Gasteiger partial charge on any atom is 0.258 e. The van der Waals surface area contributed by atoms with E-state index in [1.807, 2.05) is 28.8 Å². The van der Waals surface area contributed by atoms with Gasteiger partial charge in [0, 0.05) is 12.6 Å². The van der Waals surface area contributed by atoms with Crippen LogP contribution in [0.3, 0.4) is 0 Å². The fraction of sp³-hybridized carbons (Fsp3) is 0.474. The summed E-state index contributed by atoms with van der Waals surface area (Å²) in [5.74, 6) is 1.59. The summed E-state index contributed by atoms with van der Waals surface area (Å²) in [4.78, 5) is 17.8. The van der Waals surface area contributed by atoms with Crippen LogP contribution in [0.4, 0.5) is 5.82 Å². The molecule has 0 unspecified atom stereocenters. The second kappa shape index (κ2) is 7.25. The molecule has 2 aromatic rings. The Bertz CT molecular complexity index is 897. The number of methoxy groups -OCH3 is 1. The Kier molecular flexibility index (Phi) is 4.82. The predicted octanol–water partition coefficient (Wildman–Crippen LogP) is 3.42. The molecule has 0 spiro atoms. The molecule has 2 heterocycles. The number of anilines is 1. The van der Waals surface area contributed by atoms with Crippen LogP contribution in [0.1, 0.15) is 37.7 Å². The molecule has 26 heavy (non-hydrogen) atoms. The molecule has 1 aliphatic heterocycles. The van der Waals surface area contributed by atoms with E-state index in [-0.39, 0.29) is 5.56 Å². The van der Waals surface area contributed by atoms with E-state index < -0.39 is 0 Å². The van der Waals surface area contributed by atoms with Crippen LogP contribution in [0.2, 0.25) is 0 Å². The molecule has 1 aliphatic carbocycles. The van der Waals surface area contributed by atoms with Crippen LogP contribution in [0.5, 0.6) is 5.75 Å². The van der Waals surface area contributed by atoms with Gasteiger partial charge in [0.1, 0.15) is 11.6 Å². The fourth-order valence-corrected chi connectivity index (χ4v) is 4.31. The third-order valence-electron chi connectivity index (χ3n) is 5.44. The Morgan fingerprint density at radius 3 is 2.58 bits per heavy atom. The average molecular weight is 372 g/mol. The highest BCUT2D eigenvalue weighted by molar-refractivity contribution is 7.71. The van der Waals surface area contributed by atoms with Crippen molar-refractivity contribution in [2.45, 2.75) is 44.7 Å². The largest absolute Gasteiger partial charge is 0.497 e. The number of hydrogen-bond donors (Lipinski definition) is 2. The third-order valence-corrected chi connectivity index (χ3v) is 5.72. The van der Waals surface area contributed by atoms with E-state index in [4.69, 9.17) is 17.0 Å². The lowest BCUT2D eigenvalue weighted by Crippen LogP contribution is -2.45. The van der Waals surface area contributed by atoms with Gasteiger partial charge in [0.2, 0.25) is 0 Å². The molecule has 0 bridgehead atoms. The van der Waals surface area contributed by atoms with Crippen molar-refractivity contribution in [2.75, 3.05) is 19.1 Å². The summed E-state index contributed by atoms with van der Waals surface area (Å²) < 4.78 is 7.54. The Balaban J connectivity index is 1.72. The van der Waals surface area contributed by atoms with Crippen LogP contribution in [-0.2, 0) is 6.54 Å². The SMILES string of the molecule is COc1ccc(-n2c3c(c(=O)[nH]c2=S)CN(C2CCCCC2)CN3)cc1. The Hall–Kier alpha value is -2.12. The summed E-state index contributed by atoms with van der Waals surface area (Å²) in [5, 5.41) is 3.46. The van der Waals surface area contributed by atoms with Crippen LogP contribution >= 0.6 is 12.2 Å². The molecule has 2 aliphatic rings. The number of nitrogens with zero attached hydrogens (tertiary/aromatic N) is 2. The Morgan fingerprint density at radius 1 is 1.15 bits per heavy atom. The van der Waals surface area contributed by atoms with Gasteiger partial charge in [-0.1, -0.05) is 19.3 Å². The molecule has 2 N–H and O–H groups in total. The molecule has 7 heteroatoms. The monoisotopic (exact) mass is 372 g/mol. The number of hydrogen-bond acceptors (Lipinski definition) is 5. The second-order valence-electron chi connectivity index (χ2n) is 6.99. The quantitative estimate of drug-likeness (QED) is 0.809. The lowest BCUT2D eigenvalue weighted by Gasteiger charge is -2.38. The second-order valence-corrected chi connectivity index (χ2v) is 7.38. The van der Waals surface area contributed by atoms with Crippen molar-refractivity contribution >= 4 is 18.0 Å². The number of H-pyrrole nitrogens is 1. The van der Waals surface area contributed by atoms with Crippen molar-refractivity contribution in [3.8, 4) is 11.4 Å². The van der Waals surface area contributed by atoms with E-state index in [2.05, 4.69) is 15.2 Å². The van der Waals surface area contributed by atoms with E-state index in [0.29, 0.717) is 17.4 Å². The molecule has 1 fully saturated rings. The molecular formula is C19H24N4O2S. The molecule has 0 atom stereocenters. The number of fused-ring (bicyclic) bond motifs is 1. The number of nitrogens with one attached hydrogen (secondary N) is 2. The van der Waals surface area contributed by atoms with Crippen LogP contribution in [0.15, 0.2) is 29.1 Å². The highest BCUT2D eigenvalue weighted by Crippen LogP contribution is 2.29. The van der Waals surface area contributed by atoms with E-state index >= 15 is 0 Å². The van der Waals surface area contributed by atoms with E-state index in [1.165, 1.54) is 32.1 Å². The Morgan fingerprint density at radius 2 is 1.88 bits per heavy atom. The van der Waals surface area contributed by atoms with Crippen LogP contribution < -0.4 is 15.6 Å². The van der Waals surface area contributed by atoms with Crippen molar-refractivity contribution in [3.05, 3.63) is 45.0 Å². The number of benzene rings is 1. The molecule has 0 saturated heterocycles. The summed E-state index contributed by atoms with van der Waals surface area (Å²) in [6.45, 7) is 1.40. The van der Waals surface area contributed by atoms with Crippen molar-refractivity contribution in [3.63, 3.8) is 0 Å². The summed E-state index contributed by atoms with van der Waals surface area (Å²) in [6, 6.07) is 8.24. The van der Waals surface area contributed by atoms with Crippen molar-refractivity contribution in [1.29, 1.82) is 0 Å². The van der Waals surface area contributed by atoms with Crippen molar-refractivity contribution in [1.82, 2.24) is 14.5 Å². The van der Waals surface area contributed by atoms with Gasteiger partial charge in [0.15, 0.2) is 4.77 Å². The van der Waals surface area contributed by atoms with Crippen LogP contribution in [0, 0.1) is 4.77 Å². The van der Waals surface area contributed by atoms with Gasteiger partial charge in [-0.15, -0.1) is 0 Å². The molecule has 1 saturated carbocycles. The molecule has 1 aromatic heterocycles. The summed E-state index contributed by atoms with van der Waals surface area (Å²) >= 11 is 5.45. The van der Waals surface area contributed by atoms with Gasteiger partial charge in [-0.3, -0.25) is 19.2 Å². The van der Waals surface area contributed by atoms with Crippen LogP contribution in [-0.4, -0.2) is 34.3 Å². The highest BCUT2D eigenvalue weighted by atomic mass is 32.1. The first-order valence-electron chi connectivity index (χ1n) is 9.18. The zero-order valence-electron chi connectivity index (χ0n) is 15.0. The van der Waals surface area contributed by atoms with Gasteiger partial charge in [0.25, 0.3) is 5.56 Å². The first kappa shape index (κ1) is 17.3. The number of ether oxygens (including phenoxy) is 1. The zero-order valence-corrected chi connectivity index (χ0v) is 15.8. The zero-order chi connectivity index (χ0) is 18.1. The normalized spacial score (nSPS) is 18.2. The van der Waals surface area contributed by atoms with Crippen molar-refractivity contribution < 1.29 is 4.74 Å². The van der Waals surface area contributed by atoms with Gasteiger partial charge >= 0.3 is 0 Å². The lowest BCUT2D eigenvalue weighted by atomic mass is 9.94. The van der Waals surface area contributed by atoms with Crippen LogP contribution in [0.25, 0.3) is 5.69 Å². The standard InChI is InChI=1S/C19H24N4O2S/c1-25-15-9-7-14(8-10-15)23-17-16(18(24)21-19(23)26)11-22(12-20-17)13-5-3-2-4-6-13/h7-10,13,20H,2-6,11-12H2,1H3,(H,21,24,26). The van der Waals surface area contributed by atoms with E-state index in [9.17, 15) is 4.79 Å². The minimum absolute atomic E-state index is 0.0947. The van der Waals surface area contributed by atoms with Gasteiger partial charge < -0.3 is 10.1 Å². The summed E-state index contributed by atoms with van der Waals surface area (Å²) in [7, 11) is 1.64. The van der Waals surface area contributed by atoms with Gasteiger partial charge in [-0.25, -0.2) is 0 Å². The maximum absolute atomic E-state index is 12.6. The molecule has 1 aromatic carbocycles. The molecule has 4 rings (SSSR count). The number of aromatic nitrogens is 2. The smallest absolute Gasteiger partial charge is 0.258 e. The third kappa shape index (κ3) is 3.17. The average Bonchev–Trinajstić information content (AvgIpc) is 2.69. The highest BCUT2D eigenvalue weighted by Gasteiger charge is 2.28. The number of aromatic amines is 1. The van der Waals surface area contributed by atoms with E-state index in [0.717, 1.165) is 29.5 Å². The lowest BCUT2D eigenvalue weighted by molar-refractivity contribution is 0.152. The number of rotatable bonds is 3. The molecule has 0 amide bonds. The van der Waals surface area contributed by atoms with Crippen molar-refractivity contribution in [2.24, 2.45) is 0 Å². The molecule has 138 valence electrons. The topological polar surface area (TPSA) is 62.3 Å². The van der Waals surface area contributed by atoms with Gasteiger partial charge in [0.05, 0.1) is 25.0 Å². The Labute approximate surface area is 157 Å². The maximum atomic E-state index is 12.6. The first-order chi connectivity index (χ1) is 12.7. The van der Waals surface area contributed by atoms with Gasteiger partial charge in [-0.2, -0.15) is 0 Å². The summed E-state index contributed by atoms with van der Waals surface area (Å²) in [5.41, 5.74) is 1.57. The van der Waals surface area contributed by atoms with E-state index in [1.54, 1.807) is 7.11 Å². The molecular weight excluding hydrogens is 348 g/mol. The molecule has 0 radical (unpaired) electrons. The summed E-state index contributed by atoms with van der Waals surface area (Å²) in [6.07, 6.45) is 6.31. The minimum atomic E-state index is -0.0947. The molecule has 6 nitrogen and oxygen atoms in total. The van der Waals surface area contributed by atoms with Gasteiger partial charge in [-0.05, 0) is 49.3 Å². The predicted molar refractivity (Wildman–Crippen MR) is 105 cm³/mol.